The number of hydrogen-bond acceptors (Lipinski definition) is 2. The highest BCUT2D eigenvalue weighted by Gasteiger charge is 2.17. The Balaban J connectivity index is 2.22. The summed E-state index contributed by atoms with van der Waals surface area (Å²) in [7, 11) is 3.18. The molecule has 0 aromatic heterocycles. The summed E-state index contributed by atoms with van der Waals surface area (Å²) in [6.07, 6.45) is 0.762. The van der Waals surface area contributed by atoms with Crippen molar-refractivity contribution in [3.63, 3.8) is 0 Å². The van der Waals surface area contributed by atoms with E-state index in [4.69, 9.17) is 9.47 Å². The zero-order valence-electron chi connectivity index (χ0n) is 11.7. The molecule has 0 saturated heterocycles. The maximum absolute atomic E-state index is 13.6. The quantitative estimate of drug-likeness (QED) is 0.615. The van der Waals surface area contributed by atoms with Gasteiger partial charge in [-0.05, 0) is 46.1 Å². The fourth-order valence-corrected chi connectivity index (χ4v) is 3.14. The van der Waals surface area contributed by atoms with Crippen molar-refractivity contribution in [2.75, 3.05) is 14.2 Å². The molecule has 0 aliphatic carbocycles. The van der Waals surface area contributed by atoms with Crippen molar-refractivity contribution in [3.05, 3.63) is 57.8 Å². The van der Waals surface area contributed by atoms with E-state index in [1.807, 2.05) is 24.3 Å². The second-order valence-electron chi connectivity index (χ2n) is 4.53. The summed E-state index contributed by atoms with van der Waals surface area (Å²) in [6.45, 7) is 0. The molecule has 0 heterocycles. The van der Waals surface area contributed by atoms with Gasteiger partial charge < -0.3 is 9.47 Å². The summed E-state index contributed by atoms with van der Waals surface area (Å²) in [6, 6.07) is 11.0. The molecule has 2 aromatic rings. The third-order valence-electron chi connectivity index (χ3n) is 3.18. The Morgan fingerprint density at radius 1 is 1.10 bits per heavy atom. The molecular formula is C16H15Br2FO2. The van der Waals surface area contributed by atoms with Gasteiger partial charge >= 0.3 is 0 Å². The topological polar surface area (TPSA) is 18.5 Å². The van der Waals surface area contributed by atoms with Crippen molar-refractivity contribution in [3.8, 4) is 11.5 Å². The van der Waals surface area contributed by atoms with Crippen molar-refractivity contribution in [2.45, 2.75) is 11.2 Å². The van der Waals surface area contributed by atoms with Crippen LogP contribution in [-0.2, 0) is 6.42 Å². The van der Waals surface area contributed by atoms with E-state index in [1.54, 1.807) is 20.3 Å². The van der Waals surface area contributed by atoms with Crippen molar-refractivity contribution >= 4 is 31.9 Å². The summed E-state index contributed by atoms with van der Waals surface area (Å²) >= 11 is 6.87. The summed E-state index contributed by atoms with van der Waals surface area (Å²) in [5.41, 5.74) is 2.06. The number of methoxy groups -OCH3 is 2. The van der Waals surface area contributed by atoms with Crippen LogP contribution in [0.2, 0.25) is 0 Å². The van der Waals surface area contributed by atoms with E-state index in [0.29, 0.717) is 10.2 Å². The predicted octanol–water partition coefficient (Wildman–Crippen LogP) is 5.28. The molecule has 112 valence electrons. The summed E-state index contributed by atoms with van der Waals surface area (Å²) in [5.74, 6) is 1.03. The molecular weight excluding hydrogens is 403 g/mol. The molecule has 0 spiro atoms. The maximum atomic E-state index is 13.6. The maximum Gasteiger partial charge on any atom is 0.141 e. The van der Waals surface area contributed by atoms with Gasteiger partial charge in [-0.3, -0.25) is 0 Å². The average molecular weight is 418 g/mol. The van der Waals surface area contributed by atoms with Gasteiger partial charge in [0.25, 0.3) is 0 Å². The summed E-state index contributed by atoms with van der Waals surface area (Å²) in [4.78, 5) is 0.0257. The zero-order valence-corrected chi connectivity index (χ0v) is 14.9. The van der Waals surface area contributed by atoms with E-state index in [9.17, 15) is 4.39 Å². The Hall–Kier alpha value is -1.07. The van der Waals surface area contributed by atoms with Gasteiger partial charge in [0.1, 0.15) is 17.3 Å². The van der Waals surface area contributed by atoms with Crippen LogP contribution in [0.5, 0.6) is 11.5 Å². The predicted molar refractivity (Wildman–Crippen MR) is 89.0 cm³/mol. The molecule has 0 radical (unpaired) electrons. The molecule has 1 atom stereocenters. The number of hydrogen-bond donors (Lipinski definition) is 0. The Labute approximate surface area is 140 Å². The molecule has 2 aromatic carbocycles. The van der Waals surface area contributed by atoms with Crippen molar-refractivity contribution in [1.29, 1.82) is 0 Å². The summed E-state index contributed by atoms with van der Waals surface area (Å²) in [5, 5.41) is 0. The largest absolute Gasteiger partial charge is 0.497 e. The van der Waals surface area contributed by atoms with Gasteiger partial charge in [0.2, 0.25) is 0 Å². The van der Waals surface area contributed by atoms with E-state index in [-0.39, 0.29) is 10.6 Å². The fourth-order valence-electron chi connectivity index (χ4n) is 2.04. The summed E-state index contributed by atoms with van der Waals surface area (Å²) < 4.78 is 24.4. The van der Waals surface area contributed by atoms with Crippen LogP contribution >= 0.6 is 31.9 Å². The lowest BCUT2D eigenvalue weighted by molar-refractivity contribution is 0.405. The molecule has 0 saturated carbocycles. The SMILES string of the molecule is COc1ccc(CC(Br)c2cc(Br)c(F)cc2OC)cc1. The number of rotatable bonds is 5. The minimum absolute atomic E-state index is 0.0257. The van der Waals surface area contributed by atoms with E-state index in [1.165, 1.54) is 6.07 Å². The normalized spacial score (nSPS) is 12.0. The molecule has 5 heteroatoms. The smallest absolute Gasteiger partial charge is 0.141 e. The second kappa shape index (κ2) is 7.27. The first-order chi connectivity index (χ1) is 10.0. The second-order valence-corrected chi connectivity index (χ2v) is 6.49. The van der Waals surface area contributed by atoms with Crippen LogP contribution in [-0.4, -0.2) is 14.2 Å². The minimum atomic E-state index is -0.334. The van der Waals surface area contributed by atoms with Crippen LogP contribution in [0.4, 0.5) is 4.39 Å². The first-order valence-corrected chi connectivity index (χ1v) is 8.06. The molecule has 0 fully saturated rings. The third kappa shape index (κ3) is 3.98. The lowest BCUT2D eigenvalue weighted by atomic mass is 10.0. The first-order valence-electron chi connectivity index (χ1n) is 6.35. The van der Waals surface area contributed by atoms with Crippen molar-refractivity contribution in [1.82, 2.24) is 0 Å². The van der Waals surface area contributed by atoms with Gasteiger partial charge in [0.15, 0.2) is 0 Å². The first kappa shape index (κ1) is 16.3. The minimum Gasteiger partial charge on any atom is -0.497 e. The van der Waals surface area contributed by atoms with Crippen LogP contribution < -0.4 is 9.47 Å². The van der Waals surface area contributed by atoms with E-state index in [2.05, 4.69) is 31.9 Å². The van der Waals surface area contributed by atoms with Crippen LogP contribution in [0.25, 0.3) is 0 Å². The Bertz CT molecular complexity index is 614. The van der Waals surface area contributed by atoms with Gasteiger partial charge in [0.05, 0.1) is 18.7 Å². The number of alkyl halides is 1. The fraction of sp³-hybridized carbons (Fsp3) is 0.250. The monoisotopic (exact) mass is 416 g/mol. The van der Waals surface area contributed by atoms with Crippen molar-refractivity contribution in [2.24, 2.45) is 0 Å². The molecule has 0 N–H and O–H groups in total. The molecule has 0 aliphatic heterocycles. The van der Waals surface area contributed by atoms with Crippen LogP contribution in [0, 0.1) is 5.82 Å². The van der Waals surface area contributed by atoms with E-state index < -0.39 is 0 Å². The Morgan fingerprint density at radius 2 is 1.76 bits per heavy atom. The highest BCUT2D eigenvalue weighted by atomic mass is 79.9. The van der Waals surface area contributed by atoms with E-state index in [0.717, 1.165) is 23.3 Å². The Kier molecular flexibility index (Phi) is 5.65. The van der Waals surface area contributed by atoms with Gasteiger partial charge in [-0.15, -0.1) is 0 Å². The molecule has 21 heavy (non-hydrogen) atoms. The molecule has 1 unspecified atom stereocenters. The van der Waals surface area contributed by atoms with Gasteiger partial charge in [-0.2, -0.15) is 0 Å². The lowest BCUT2D eigenvalue weighted by Gasteiger charge is -2.15. The third-order valence-corrected chi connectivity index (χ3v) is 4.61. The zero-order chi connectivity index (χ0) is 15.4. The van der Waals surface area contributed by atoms with Gasteiger partial charge in [0, 0.05) is 16.5 Å². The number of benzene rings is 2. The standard InChI is InChI=1S/C16H15Br2FO2/c1-20-11-5-3-10(4-6-11)7-13(17)12-8-14(18)15(19)9-16(12)21-2/h3-6,8-9,13H,7H2,1-2H3. The van der Waals surface area contributed by atoms with Crippen molar-refractivity contribution < 1.29 is 13.9 Å². The number of halogens is 3. The number of ether oxygens (including phenoxy) is 2. The molecule has 2 rings (SSSR count). The van der Waals surface area contributed by atoms with E-state index >= 15 is 0 Å². The highest BCUT2D eigenvalue weighted by molar-refractivity contribution is 9.10. The van der Waals surface area contributed by atoms with Gasteiger partial charge in [-0.1, -0.05) is 28.1 Å². The van der Waals surface area contributed by atoms with Crippen LogP contribution in [0.3, 0.4) is 0 Å². The highest BCUT2D eigenvalue weighted by Crippen LogP contribution is 2.37. The van der Waals surface area contributed by atoms with Crippen LogP contribution in [0.15, 0.2) is 40.9 Å². The Morgan fingerprint density at radius 3 is 2.33 bits per heavy atom. The average Bonchev–Trinajstić information content (AvgIpc) is 2.50. The lowest BCUT2D eigenvalue weighted by Crippen LogP contribution is -2.00. The van der Waals surface area contributed by atoms with Gasteiger partial charge in [-0.25, -0.2) is 4.39 Å². The molecule has 0 bridgehead atoms. The molecule has 2 nitrogen and oxygen atoms in total. The van der Waals surface area contributed by atoms with Crippen LogP contribution in [0.1, 0.15) is 16.0 Å². The molecule has 0 amide bonds. The molecule has 0 aliphatic rings.